The van der Waals surface area contributed by atoms with Crippen molar-refractivity contribution in [2.45, 2.75) is 32.2 Å². The van der Waals surface area contributed by atoms with Crippen LogP contribution in [0.15, 0.2) is 18.2 Å². The molecule has 1 aliphatic rings. The van der Waals surface area contributed by atoms with E-state index in [4.69, 9.17) is 0 Å². The van der Waals surface area contributed by atoms with E-state index in [-0.39, 0.29) is 24.2 Å². The Kier molecular flexibility index (Phi) is 5.32. The summed E-state index contributed by atoms with van der Waals surface area (Å²) in [6.07, 6.45) is 2.55. The van der Waals surface area contributed by atoms with Crippen LogP contribution in [0.1, 0.15) is 26.2 Å². The van der Waals surface area contributed by atoms with E-state index in [0.717, 1.165) is 19.3 Å². The van der Waals surface area contributed by atoms with E-state index in [2.05, 4.69) is 10.6 Å². The maximum absolute atomic E-state index is 13.8. The molecule has 22 heavy (non-hydrogen) atoms. The summed E-state index contributed by atoms with van der Waals surface area (Å²) in [6.45, 7) is 1.77. The fourth-order valence-electron chi connectivity index (χ4n) is 2.55. The van der Waals surface area contributed by atoms with E-state index in [9.17, 15) is 19.1 Å². The van der Waals surface area contributed by atoms with E-state index in [0.29, 0.717) is 12.2 Å². The Hall–Kier alpha value is -2.15. The predicted octanol–water partition coefficient (Wildman–Crippen LogP) is 2.16. The van der Waals surface area contributed by atoms with Crippen molar-refractivity contribution in [2.75, 3.05) is 23.8 Å². The van der Waals surface area contributed by atoms with Crippen LogP contribution < -0.4 is 10.6 Å². The number of halogens is 1. The second-order valence-electron chi connectivity index (χ2n) is 5.33. The highest BCUT2D eigenvalue weighted by atomic mass is 19.1. The summed E-state index contributed by atoms with van der Waals surface area (Å²) in [4.78, 5) is 24.8. The number of amides is 3. The number of hydrogen-bond acceptors (Lipinski definition) is 3. The number of nitrogens with one attached hydrogen (secondary N) is 2. The molecule has 120 valence electrons. The van der Waals surface area contributed by atoms with Crippen LogP contribution in [0.3, 0.4) is 0 Å². The van der Waals surface area contributed by atoms with Crippen LogP contribution >= 0.6 is 0 Å². The first-order chi connectivity index (χ1) is 10.5. The molecule has 0 unspecified atom stereocenters. The molecule has 1 heterocycles. The van der Waals surface area contributed by atoms with Gasteiger partial charge in [-0.15, -0.1) is 0 Å². The molecule has 1 fully saturated rings. The summed E-state index contributed by atoms with van der Waals surface area (Å²) < 4.78 is 13.8. The average Bonchev–Trinajstić information content (AvgIpc) is 2.50. The third kappa shape index (κ3) is 3.94. The lowest BCUT2D eigenvalue weighted by atomic mass is 10.0. The van der Waals surface area contributed by atoms with Crippen molar-refractivity contribution in [1.82, 2.24) is 4.90 Å². The van der Waals surface area contributed by atoms with Gasteiger partial charge in [-0.05, 0) is 37.5 Å². The summed E-state index contributed by atoms with van der Waals surface area (Å²) in [5, 5.41) is 14.4. The number of hydrogen-bond donors (Lipinski definition) is 3. The van der Waals surface area contributed by atoms with Gasteiger partial charge in [-0.3, -0.25) is 4.79 Å². The fraction of sp³-hybridized carbons (Fsp3) is 0.467. The zero-order valence-electron chi connectivity index (χ0n) is 12.4. The number of carbonyl (C=O) groups excluding carboxylic acids is 2. The van der Waals surface area contributed by atoms with Crippen LogP contribution in [-0.4, -0.2) is 41.1 Å². The Morgan fingerprint density at radius 2 is 2.14 bits per heavy atom. The highest BCUT2D eigenvalue weighted by Crippen LogP contribution is 2.22. The SMILES string of the molecule is CC(=O)Nc1ccc(F)c(NC(=O)N2CCCC[C@@H]2CO)c1. The number of aliphatic hydroxyl groups excluding tert-OH is 1. The molecule has 3 amide bonds. The van der Waals surface area contributed by atoms with Crippen molar-refractivity contribution in [3.63, 3.8) is 0 Å². The molecule has 0 bridgehead atoms. The number of rotatable bonds is 3. The zero-order chi connectivity index (χ0) is 16.1. The molecule has 1 saturated heterocycles. The monoisotopic (exact) mass is 309 g/mol. The molecule has 1 aromatic carbocycles. The van der Waals surface area contributed by atoms with Gasteiger partial charge in [0, 0.05) is 19.2 Å². The smallest absolute Gasteiger partial charge is 0.322 e. The third-order valence-electron chi connectivity index (χ3n) is 3.63. The third-order valence-corrected chi connectivity index (χ3v) is 3.63. The maximum atomic E-state index is 13.8. The highest BCUT2D eigenvalue weighted by Gasteiger charge is 2.26. The Morgan fingerprint density at radius 1 is 1.36 bits per heavy atom. The van der Waals surface area contributed by atoms with Gasteiger partial charge in [-0.25, -0.2) is 9.18 Å². The van der Waals surface area contributed by atoms with E-state index in [1.807, 2.05) is 0 Å². The molecule has 0 aliphatic carbocycles. The minimum absolute atomic E-state index is 0.00138. The van der Waals surface area contributed by atoms with Crippen LogP contribution in [0.5, 0.6) is 0 Å². The lowest BCUT2D eigenvalue weighted by Gasteiger charge is -2.34. The average molecular weight is 309 g/mol. The predicted molar refractivity (Wildman–Crippen MR) is 81.2 cm³/mol. The molecule has 0 aromatic heterocycles. The standard InChI is InChI=1S/C15H20FN3O3/c1-10(21)17-11-5-6-13(16)14(8-11)18-15(22)19-7-3-2-4-12(19)9-20/h5-6,8,12,20H,2-4,7,9H2,1H3,(H,17,21)(H,18,22)/t12-/m1/s1. The molecule has 1 aromatic rings. The first-order valence-electron chi connectivity index (χ1n) is 7.27. The lowest BCUT2D eigenvalue weighted by Crippen LogP contribution is -2.47. The molecule has 0 saturated carbocycles. The molecule has 2 rings (SSSR count). The van der Waals surface area contributed by atoms with Gasteiger partial charge in [-0.1, -0.05) is 0 Å². The van der Waals surface area contributed by atoms with E-state index in [1.54, 1.807) is 0 Å². The number of anilines is 2. The molecule has 6 nitrogen and oxygen atoms in total. The molecule has 7 heteroatoms. The minimum atomic E-state index is -0.583. The Morgan fingerprint density at radius 3 is 2.82 bits per heavy atom. The summed E-state index contributed by atoms with van der Waals surface area (Å²) in [7, 11) is 0. The van der Waals surface area contributed by atoms with E-state index >= 15 is 0 Å². The van der Waals surface area contributed by atoms with Gasteiger partial charge in [0.15, 0.2) is 0 Å². The first kappa shape index (κ1) is 16.2. The molecule has 0 spiro atoms. The fourth-order valence-corrected chi connectivity index (χ4v) is 2.55. The number of nitrogens with zero attached hydrogens (tertiary/aromatic N) is 1. The number of aliphatic hydroxyl groups is 1. The molecule has 1 aliphatic heterocycles. The summed E-state index contributed by atoms with van der Waals surface area (Å²) in [6, 6.07) is 3.28. The Labute approximate surface area is 128 Å². The van der Waals surface area contributed by atoms with Crippen molar-refractivity contribution in [2.24, 2.45) is 0 Å². The van der Waals surface area contributed by atoms with Crippen molar-refractivity contribution in [1.29, 1.82) is 0 Å². The topological polar surface area (TPSA) is 81.7 Å². The zero-order valence-corrected chi connectivity index (χ0v) is 12.4. The number of benzene rings is 1. The largest absolute Gasteiger partial charge is 0.394 e. The van der Waals surface area contributed by atoms with Gasteiger partial charge in [0.2, 0.25) is 5.91 Å². The van der Waals surface area contributed by atoms with Crippen molar-refractivity contribution in [3.8, 4) is 0 Å². The second-order valence-corrected chi connectivity index (χ2v) is 5.33. The van der Waals surface area contributed by atoms with Crippen LogP contribution in [0.25, 0.3) is 0 Å². The summed E-state index contributed by atoms with van der Waals surface area (Å²) in [5.41, 5.74) is 0.403. The number of likely N-dealkylation sites (tertiary alicyclic amines) is 1. The van der Waals surface area contributed by atoms with Gasteiger partial charge in [0.05, 0.1) is 18.3 Å². The number of carbonyl (C=O) groups is 2. The molecular formula is C15H20FN3O3. The minimum Gasteiger partial charge on any atom is -0.394 e. The van der Waals surface area contributed by atoms with Crippen molar-refractivity contribution >= 4 is 23.3 Å². The quantitative estimate of drug-likeness (QED) is 0.800. The molecule has 0 radical (unpaired) electrons. The molecular weight excluding hydrogens is 289 g/mol. The van der Waals surface area contributed by atoms with Crippen molar-refractivity contribution < 1.29 is 19.1 Å². The Balaban J connectivity index is 2.11. The lowest BCUT2D eigenvalue weighted by molar-refractivity contribution is -0.114. The molecule has 1 atom stereocenters. The van der Waals surface area contributed by atoms with Gasteiger partial charge < -0.3 is 20.6 Å². The van der Waals surface area contributed by atoms with Gasteiger partial charge >= 0.3 is 6.03 Å². The van der Waals surface area contributed by atoms with Crippen LogP contribution in [0, 0.1) is 5.82 Å². The van der Waals surface area contributed by atoms with Gasteiger partial charge in [0.1, 0.15) is 5.82 Å². The van der Waals surface area contributed by atoms with Crippen LogP contribution in [0.2, 0.25) is 0 Å². The van der Waals surface area contributed by atoms with E-state index in [1.165, 1.54) is 30.0 Å². The summed E-state index contributed by atoms with van der Waals surface area (Å²) >= 11 is 0. The Bertz CT molecular complexity index is 565. The number of urea groups is 1. The molecule has 3 N–H and O–H groups in total. The maximum Gasteiger partial charge on any atom is 0.322 e. The van der Waals surface area contributed by atoms with Crippen LogP contribution in [0.4, 0.5) is 20.6 Å². The van der Waals surface area contributed by atoms with Crippen LogP contribution in [-0.2, 0) is 4.79 Å². The normalized spacial score (nSPS) is 18.0. The summed E-state index contributed by atoms with van der Waals surface area (Å²) in [5.74, 6) is -0.861. The first-order valence-corrected chi connectivity index (χ1v) is 7.27. The second kappa shape index (κ2) is 7.22. The number of piperidine rings is 1. The van der Waals surface area contributed by atoms with Crippen molar-refractivity contribution in [3.05, 3.63) is 24.0 Å². The van der Waals surface area contributed by atoms with Gasteiger partial charge in [-0.2, -0.15) is 0 Å². The van der Waals surface area contributed by atoms with E-state index < -0.39 is 11.8 Å². The van der Waals surface area contributed by atoms with Gasteiger partial charge in [0.25, 0.3) is 0 Å². The highest BCUT2D eigenvalue weighted by molar-refractivity contribution is 5.92.